The third-order valence-corrected chi connectivity index (χ3v) is 4.29. The lowest BCUT2D eigenvalue weighted by atomic mass is 10.0. The van der Waals surface area contributed by atoms with E-state index in [9.17, 15) is 15.3 Å². The van der Waals surface area contributed by atoms with Gasteiger partial charge in [0.15, 0.2) is 0 Å². The smallest absolute Gasteiger partial charge is 0.117 e. The maximum atomic E-state index is 9.91. The average molecular weight is 356 g/mol. The maximum absolute atomic E-state index is 9.91. The van der Waals surface area contributed by atoms with E-state index in [0.717, 1.165) is 11.1 Å². The van der Waals surface area contributed by atoms with Gasteiger partial charge < -0.3 is 15.3 Å². The number of hydrogen-bond donors (Lipinski definition) is 3. The van der Waals surface area contributed by atoms with Crippen LogP contribution in [0.5, 0.6) is 11.5 Å². The number of hydrogen-bond acceptors (Lipinski definition) is 5. The second-order valence-electron chi connectivity index (χ2n) is 6.13. The molecule has 0 aliphatic rings. The highest BCUT2D eigenvalue weighted by Gasteiger charge is 2.16. The molecular weight excluding hydrogens is 340 g/mol. The van der Waals surface area contributed by atoms with Crippen molar-refractivity contribution < 1.29 is 15.3 Å². The van der Waals surface area contributed by atoms with Gasteiger partial charge >= 0.3 is 0 Å². The molecule has 1 aromatic heterocycles. The Labute approximate surface area is 155 Å². The third kappa shape index (κ3) is 3.06. The number of aliphatic hydroxyl groups is 1. The van der Waals surface area contributed by atoms with Gasteiger partial charge in [-0.2, -0.15) is 0 Å². The molecule has 0 bridgehead atoms. The van der Waals surface area contributed by atoms with Crippen molar-refractivity contribution in [1.82, 2.24) is 9.97 Å². The molecule has 0 aliphatic heterocycles. The zero-order valence-corrected chi connectivity index (χ0v) is 14.3. The summed E-state index contributed by atoms with van der Waals surface area (Å²) in [5.41, 5.74) is 4.46. The molecule has 0 atom stereocenters. The highest BCUT2D eigenvalue weighted by Crippen LogP contribution is 2.33. The van der Waals surface area contributed by atoms with Crippen LogP contribution in [0.1, 0.15) is 5.56 Å². The van der Waals surface area contributed by atoms with E-state index in [0.29, 0.717) is 28.0 Å². The molecule has 0 spiro atoms. The second-order valence-corrected chi connectivity index (χ2v) is 6.13. The van der Waals surface area contributed by atoms with Gasteiger partial charge in [-0.3, -0.25) is 0 Å². The summed E-state index contributed by atoms with van der Waals surface area (Å²) >= 11 is 0. The largest absolute Gasteiger partial charge is 0.508 e. The van der Waals surface area contributed by atoms with Crippen LogP contribution >= 0.6 is 0 Å². The Morgan fingerprint density at radius 3 is 1.74 bits per heavy atom. The Hall–Kier alpha value is -3.86. The van der Waals surface area contributed by atoms with Gasteiger partial charge in [0.1, 0.15) is 22.8 Å². The first-order chi connectivity index (χ1) is 13.0. The first-order valence-electron chi connectivity index (χ1n) is 8.31. The minimum Gasteiger partial charge on any atom is -0.508 e. The molecule has 0 amide bonds. The number of para-hydroxylation sites is 1. The van der Waals surface area contributed by atoms with Gasteiger partial charge in [-0.1, -0.05) is 12.6 Å². The van der Waals surface area contributed by atoms with Crippen LogP contribution in [0.4, 0.5) is 0 Å². The predicted octanol–water partition coefficient (Wildman–Crippen LogP) is 4.90. The predicted molar refractivity (Wildman–Crippen MR) is 105 cm³/mol. The van der Waals surface area contributed by atoms with E-state index < -0.39 is 0 Å². The second kappa shape index (κ2) is 6.46. The van der Waals surface area contributed by atoms with Crippen molar-refractivity contribution in [3.8, 4) is 34.0 Å². The molecule has 5 heteroatoms. The molecule has 0 unspecified atom stereocenters. The average Bonchev–Trinajstić information content (AvgIpc) is 2.67. The summed E-state index contributed by atoms with van der Waals surface area (Å²) in [6.07, 6.45) is 0. The highest BCUT2D eigenvalue weighted by molar-refractivity contribution is 5.91. The number of rotatable bonds is 3. The van der Waals surface area contributed by atoms with Crippen LogP contribution in [0.3, 0.4) is 0 Å². The minimum absolute atomic E-state index is 0.0797. The van der Waals surface area contributed by atoms with Gasteiger partial charge in [0.25, 0.3) is 0 Å². The SMILES string of the molecule is C=C(O)c1cccc2nc(-c3ccc(O)cc3)c(-c3ccc(O)cc3)nc12. The topological polar surface area (TPSA) is 86.5 Å². The zero-order valence-electron chi connectivity index (χ0n) is 14.3. The molecule has 0 fully saturated rings. The number of aromatic nitrogens is 2. The number of fused-ring (bicyclic) bond motifs is 1. The first kappa shape index (κ1) is 16.6. The number of aromatic hydroxyl groups is 2. The van der Waals surface area contributed by atoms with E-state index in [4.69, 9.17) is 9.97 Å². The fourth-order valence-corrected chi connectivity index (χ4v) is 2.95. The van der Waals surface area contributed by atoms with E-state index in [1.165, 1.54) is 0 Å². The molecule has 3 N–H and O–H groups in total. The number of phenols is 2. The van der Waals surface area contributed by atoms with E-state index >= 15 is 0 Å². The summed E-state index contributed by atoms with van der Waals surface area (Å²) in [7, 11) is 0. The molecule has 0 saturated heterocycles. The fourth-order valence-electron chi connectivity index (χ4n) is 2.95. The Bertz CT molecular complexity index is 1150. The van der Waals surface area contributed by atoms with E-state index in [2.05, 4.69) is 6.58 Å². The Balaban J connectivity index is 2.05. The van der Waals surface area contributed by atoms with E-state index in [1.54, 1.807) is 60.7 Å². The number of phenolic OH excluding ortho intramolecular Hbond substituents is 2. The molecule has 0 radical (unpaired) electrons. The van der Waals surface area contributed by atoms with Crippen molar-refractivity contribution in [2.24, 2.45) is 0 Å². The lowest BCUT2D eigenvalue weighted by molar-refractivity contribution is 0.475. The van der Waals surface area contributed by atoms with E-state index in [-0.39, 0.29) is 17.3 Å². The zero-order chi connectivity index (χ0) is 19.0. The third-order valence-electron chi connectivity index (χ3n) is 4.29. The van der Waals surface area contributed by atoms with Crippen LogP contribution in [0.2, 0.25) is 0 Å². The molecule has 4 aromatic rings. The molecule has 1 heterocycles. The molecule has 3 aromatic carbocycles. The van der Waals surface area contributed by atoms with Crippen LogP contribution in [0, 0.1) is 0 Å². The fraction of sp³-hybridized carbons (Fsp3) is 0. The Morgan fingerprint density at radius 2 is 1.22 bits per heavy atom. The summed E-state index contributed by atoms with van der Waals surface area (Å²) in [6, 6.07) is 18.7. The van der Waals surface area contributed by atoms with Gasteiger partial charge in [-0.05, 0) is 60.7 Å². The number of nitrogens with zero attached hydrogens (tertiary/aromatic N) is 2. The van der Waals surface area contributed by atoms with Crippen molar-refractivity contribution >= 4 is 16.8 Å². The molecule has 0 aliphatic carbocycles. The summed E-state index contributed by atoms with van der Waals surface area (Å²) in [4.78, 5) is 9.53. The van der Waals surface area contributed by atoms with E-state index in [1.807, 2.05) is 6.07 Å². The number of benzene rings is 3. The summed E-state index contributed by atoms with van der Waals surface area (Å²) < 4.78 is 0. The van der Waals surface area contributed by atoms with Crippen molar-refractivity contribution in [3.05, 3.63) is 78.9 Å². The van der Waals surface area contributed by atoms with Gasteiger partial charge in [0, 0.05) is 16.7 Å². The van der Waals surface area contributed by atoms with Crippen molar-refractivity contribution in [1.29, 1.82) is 0 Å². The van der Waals surface area contributed by atoms with Crippen molar-refractivity contribution in [3.63, 3.8) is 0 Å². The molecule has 5 nitrogen and oxygen atoms in total. The summed E-state index contributed by atoms with van der Waals surface area (Å²) in [5, 5.41) is 29.1. The van der Waals surface area contributed by atoms with Gasteiger partial charge in [-0.25, -0.2) is 9.97 Å². The maximum Gasteiger partial charge on any atom is 0.117 e. The Kier molecular flexibility index (Phi) is 3.97. The molecule has 27 heavy (non-hydrogen) atoms. The monoisotopic (exact) mass is 356 g/mol. The lowest BCUT2D eigenvalue weighted by Gasteiger charge is -2.12. The normalized spacial score (nSPS) is 10.8. The molecule has 132 valence electrons. The van der Waals surface area contributed by atoms with Crippen molar-refractivity contribution in [2.45, 2.75) is 0 Å². The quantitative estimate of drug-likeness (QED) is 0.454. The van der Waals surface area contributed by atoms with Crippen LogP contribution in [0.15, 0.2) is 73.3 Å². The molecular formula is C22H16N2O3. The van der Waals surface area contributed by atoms with Gasteiger partial charge in [0.2, 0.25) is 0 Å². The van der Waals surface area contributed by atoms with Gasteiger partial charge in [0.05, 0.1) is 16.9 Å². The van der Waals surface area contributed by atoms with Crippen molar-refractivity contribution in [2.75, 3.05) is 0 Å². The summed E-state index contributed by atoms with van der Waals surface area (Å²) in [5.74, 6) is 0.240. The highest BCUT2D eigenvalue weighted by atomic mass is 16.3. The number of aliphatic hydroxyl groups excluding tert-OH is 1. The van der Waals surface area contributed by atoms with Gasteiger partial charge in [-0.15, -0.1) is 0 Å². The molecule has 4 rings (SSSR count). The first-order valence-corrected chi connectivity index (χ1v) is 8.31. The standard InChI is InChI=1S/C22H16N2O3/c1-13(25)18-3-2-4-19-22(18)24-21(15-7-11-17(27)12-8-15)20(23-19)14-5-9-16(26)10-6-14/h2-12,25-27H,1H2. The van der Waals surface area contributed by atoms with Crippen LogP contribution in [-0.2, 0) is 0 Å². The Morgan fingerprint density at radius 1 is 0.704 bits per heavy atom. The minimum atomic E-state index is -0.0797. The van der Waals surface area contributed by atoms with Crippen LogP contribution < -0.4 is 0 Å². The van der Waals surface area contributed by atoms with Crippen LogP contribution in [0.25, 0.3) is 39.3 Å². The summed E-state index contributed by atoms with van der Waals surface area (Å²) in [6.45, 7) is 3.61. The molecule has 0 saturated carbocycles. The van der Waals surface area contributed by atoms with Crippen LogP contribution in [-0.4, -0.2) is 25.3 Å². The lowest BCUT2D eigenvalue weighted by Crippen LogP contribution is -1.98.